The molecule has 0 heterocycles. The fourth-order valence-electron chi connectivity index (χ4n) is 1.64. The van der Waals surface area contributed by atoms with Gasteiger partial charge in [-0.1, -0.05) is 58.3 Å². The Morgan fingerprint density at radius 1 is 0.800 bits per heavy atom. The molecular formula is C12H27NaO2. The van der Waals surface area contributed by atoms with Gasteiger partial charge in [-0.05, 0) is 12.8 Å². The summed E-state index contributed by atoms with van der Waals surface area (Å²) < 4.78 is 0. The van der Waals surface area contributed by atoms with Crippen LogP contribution >= 0.6 is 0 Å². The molecule has 0 aliphatic heterocycles. The van der Waals surface area contributed by atoms with E-state index in [1.165, 1.54) is 44.9 Å². The first kappa shape index (κ1) is 18.3. The second-order valence-corrected chi connectivity index (χ2v) is 4.10. The minimum atomic E-state index is -1.10. The molecule has 0 saturated heterocycles. The SMILES string of the molecule is CCCCCCCCCCCC(O)O.[H-].[Na+]. The molecule has 0 rings (SSSR count). The van der Waals surface area contributed by atoms with E-state index in [0.29, 0.717) is 6.42 Å². The van der Waals surface area contributed by atoms with Crippen LogP contribution in [0.5, 0.6) is 0 Å². The number of aliphatic hydroxyl groups excluding tert-OH is 1. The number of hydrogen-bond acceptors (Lipinski definition) is 2. The number of hydrogen-bond donors (Lipinski definition) is 2. The van der Waals surface area contributed by atoms with Crippen molar-refractivity contribution in [1.29, 1.82) is 0 Å². The van der Waals surface area contributed by atoms with Gasteiger partial charge >= 0.3 is 29.6 Å². The zero-order valence-electron chi connectivity index (χ0n) is 11.5. The molecule has 15 heavy (non-hydrogen) atoms. The standard InChI is InChI=1S/C12H26O2.Na.H/c1-2-3-4-5-6-7-8-9-10-11-12(13)14;;/h12-14H,2-11H2,1H3;;/q;+1;-1. The van der Waals surface area contributed by atoms with Gasteiger partial charge in [0.1, 0.15) is 0 Å². The molecule has 0 amide bonds. The quantitative estimate of drug-likeness (QED) is 0.320. The van der Waals surface area contributed by atoms with Crippen molar-refractivity contribution in [2.75, 3.05) is 0 Å². The normalized spacial score (nSPS) is 10.4. The summed E-state index contributed by atoms with van der Waals surface area (Å²) in [6, 6.07) is 0. The first-order valence-corrected chi connectivity index (χ1v) is 6.13. The van der Waals surface area contributed by atoms with Crippen LogP contribution in [0.2, 0.25) is 0 Å². The average Bonchev–Trinajstić information content (AvgIpc) is 2.15. The van der Waals surface area contributed by atoms with Crippen molar-refractivity contribution in [1.82, 2.24) is 0 Å². The summed E-state index contributed by atoms with van der Waals surface area (Å²) in [7, 11) is 0. The number of aliphatic hydroxyl groups is 2. The van der Waals surface area contributed by atoms with E-state index in [1.54, 1.807) is 0 Å². The van der Waals surface area contributed by atoms with Crippen LogP contribution in [-0.4, -0.2) is 16.5 Å². The molecule has 0 fully saturated rings. The second-order valence-electron chi connectivity index (χ2n) is 4.10. The third-order valence-electron chi connectivity index (χ3n) is 2.57. The van der Waals surface area contributed by atoms with Crippen LogP contribution in [0.3, 0.4) is 0 Å². The smallest absolute Gasteiger partial charge is 1.00 e. The van der Waals surface area contributed by atoms with Crippen molar-refractivity contribution < 1.29 is 41.2 Å². The summed E-state index contributed by atoms with van der Waals surface area (Å²) in [6.45, 7) is 2.24. The van der Waals surface area contributed by atoms with Crippen molar-refractivity contribution in [3.8, 4) is 0 Å². The van der Waals surface area contributed by atoms with Crippen LogP contribution in [0, 0.1) is 0 Å². The molecule has 0 aromatic carbocycles. The molecule has 88 valence electrons. The monoisotopic (exact) mass is 226 g/mol. The van der Waals surface area contributed by atoms with Gasteiger partial charge in [0.15, 0.2) is 6.29 Å². The molecule has 0 saturated carbocycles. The summed E-state index contributed by atoms with van der Waals surface area (Å²) in [5.41, 5.74) is 0. The molecule has 0 unspecified atom stereocenters. The Bertz CT molecular complexity index is 113. The maximum atomic E-state index is 8.61. The van der Waals surface area contributed by atoms with Crippen LogP contribution in [-0.2, 0) is 0 Å². The molecule has 0 aromatic rings. The van der Waals surface area contributed by atoms with E-state index < -0.39 is 6.29 Å². The topological polar surface area (TPSA) is 40.5 Å². The van der Waals surface area contributed by atoms with Crippen LogP contribution < -0.4 is 29.6 Å². The molecule has 0 spiro atoms. The Balaban J connectivity index is -0.000000845. The van der Waals surface area contributed by atoms with Gasteiger partial charge in [0.25, 0.3) is 0 Å². The fourth-order valence-corrected chi connectivity index (χ4v) is 1.64. The van der Waals surface area contributed by atoms with Crippen LogP contribution in [0.4, 0.5) is 0 Å². The van der Waals surface area contributed by atoms with Gasteiger partial charge < -0.3 is 11.6 Å². The zero-order valence-corrected chi connectivity index (χ0v) is 12.5. The minimum Gasteiger partial charge on any atom is -1.00 e. The Labute approximate surface area is 118 Å². The largest absolute Gasteiger partial charge is 1.00 e. The molecule has 2 N–H and O–H groups in total. The van der Waals surface area contributed by atoms with Gasteiger partial charge in [0.05, 0.1) is 0 Å². The Kier molecular flexibility index (Phi) is 18.2. The van der Waals surface area contributed by atoms with E-state index in [-0.39, 0.29) is 31.0 Å². The molecule has 0 aliphatic carbocycles. The van der Waals surface area contributed by atoms with Crippen LogP contribution in [0.25, 0.3) is 0 Å². The average molecular weight is 226 g/mol. The summed E-state index contributed by atoms with van der Waals surface area (Å²) >= 11 is 0. The molecule has 2 nitrogen and oxygen atoms in total. The fraction of sp³-hybridized carbons (Fsp3) is 1.00. The Hall–Kier alpha value is 0.920. The molecule has 0 bridgehead atoms. The van der Waals surface area contributed by atoms with Gasteiger partial charge in [0, 0.05) is 0 Å². The third kappa shape index (κ3) is 17.5. The Morgan fingerprint density at radius 3 is 1.60 bits per heavy atom. The van der Waals surface area contributed by atoms with Crippen molar-refractivity contribution >= 4 is 0 Å². The van der Waals surface area contributed by atoms with Gasteiger partial charge in [-0.2, -0.15) is 0 Å². The predicted octanol–water partition coefficient (Wildman–Crippen LogP) is 0.334. The van der Waals surface area contributed by atoms with E-state index in [4.69, 9.17) is 10.2 Å². The van der Waals surface area contributed by atoms with E-state index in [9.17, 15) is 0 Å². The van der Waals surface area contributed by atoms with E-state index in [0.717, 1.165) is 12.8 Å². The van der Waals surface area contributed by atoms with E-state index in [2.05, 4.69) is 6.92 Å². The Morgan fingerprint density at radius 2 is 1.20 bits per heavy atom. The molecule has 0 atom stereocenters. The number of rotatable bonds is 10. The van der Waals surface area contributed by atoms with Crippen LogP contribution in [0.1, 0.15) is 72.6 Å². The van der Waals surface area contributed by atoms with Gasteiger partial charge in [-0.15, -0.1) is 0 Å². The summed E-state index contributed by atoms with van der Waals surface area (Å²) in [5.74, 6) is 0. The van der Waals surface area contributed by atoms with Crippen molar-refractivity contribution in [3.63, 3.8) is 0 Å². The summed E-state index contributed by atoms with van der Waals surface area (Å²) in [5, 5.41) is 17.2. The number of unbranched alkanes of at least 4 members (excludes halogenated alkanes) is 8. The first-order valence-electron chi connectivity index (χ1n) is 6.13. The summed E-state index contributed by atoms with van der Waals surface area (Å²) in [4.78, 5) is 0. The maximum Gasteiger partial charge on any atom is 1.00 e. The molecular weight excluding hydrogens is 199 g/mol. The van der Waals surface area contributed by atoms with Crippen molar-refractivity contribution in [2.45, 2.75) is 77.4 Å². The second kappa shape index (κ2) is 14.9. The third-order valence-corrected chi connectivity index (χ3v) is 2.57. The minimum absolute atomic E-state index is 0. The van der Waals surface area contributed by atoms with Gasteiger partial charge in [-0.3, -0.25) is 0 Å². The first-order chi connectivity index (χ1) is 6.77. The van der Waals surface area contributed by atoms with E-state index in [1.807, 2.05) is 0 Å². The molecule has 0 aliphatic rings. The van der Waals surface area contributed by atoms with E-state index >= 15 is 0 Å². The van der Waals surface area contributed by atoms with Gasteiger partial charge in [0.2, 0.25) is 0 Å². The van der Waals surface area contributed by atoms with Gasteiger partial charge in [-0.25, -0.2) is 0 Å². The molecule has 0 radical (unpaired) electrons. The predicted molar refractivity (Wildman–Crippen MR) is 61.2 cm³/mol. The zero-order chi connectivity index (χ0) is 10.6. The molecule has 0 aromatic heterocycles. The van der Waals surface area contributed by atoms with Crippen molar-refractivity contribution in [2.24, 2.45) is 0 Å². The molecule has 3 heteroatoms. The summed E-state index contributed by atoms with van der Waals surface area (Å²) in [6.07, 6.45) is 10.9. The van der Waals surface area contributed by atoms with Crippen LogP contribution in [0.15, 0.2) is 0 Å². The maximum absolute atomic E-state index is 8.61. The van der Waals surface area contributed by atoms with Crippen molar-refractivity contribution in [3.05, 3.63) is 0 Å².